The summed E-state index contributed by atoms with van der Waals surface area (Å²) in [4.78, 5) is 38.4. The van der Waals surface area contributed by atoms with Crippen molar-refractivity contribution in [2.24, 2.45) is 5.10 Å². The lowest BCUT2D eigenvalue weighted by Gasteiger charge is -2.29. The van der Waals surface area contributed by atoms with Crippen LogP contribution in [0.25, 0.3) is 0 Å². The van der Waals surface area contributed by atoms with Crippen LogP contribution in [0.3, 0.4) is 0 Å². The average Bonchev–Trinajstić information content (AvgIpc) is 3.21. The molecule has 0 saturated carbocycles. The van der Waals surface area contributed by atoms with Gasteiger partial charge in [-0.1, -0.05) is 29.8 Å². The van der Waals surface area contributed by atoms with Crippen LogP contribution in [-0.2, 0) is 25.8 Å². The van der Waals surface area contributed by atoms with Crippen molar-refractivity contribution in [3.8, 4) is 5.75 Å². The van der Waals surface area contributed by atoms with E-state index < -0.39 is 10.8 Å². The first-order valence-electron chi connectivity index (χ1n) is 10.4. The van der Waals surface area contributed by atoms with Crippen molar-refractivity contribution in [2.45, 2.75) is 45.2 Å². The molecule has 10 heteroatoms. The van der Waals surface area contributed by atoms with Gasteiger partial charge >= 0.3 is 0 Å². The highest BCUT2D eigenvalue weighted by Gasteiger charge is 2.61. The van der Waals surface area contributed by atoms with Crippen molar-refractivity contribution in [3.63, 3.8) is 0 Å². The second kappa shape index (κ2) is 8.72. The highest BCUT2D eigenvalue weighted by molar-refractivity contribution is 8.15. The van der Waals surface area contributed by atoms with Gasteiger partial charge in [-0.25, -0.2) is 0 Å². The van der Waals surface area contributed by atoms with Crippen molar-refractivity contribution < 1.29 is 19.1 Å². The number of carbonyl (C=O) groups is 3. The number of nitrogens with one attached hydrogen (secondary N) is 1. The fourth-order valence-electron chi connectivity index (χ4n) is 3.91. The van der Waals surface area contributed by atoms with Crippen LogP contribution in [0, 0.1) is 0 Å². The van der Waals surface area contributed by atoms with Gasteiger partial charge in [-0.15, -0.1) is 5.10 Å². The molecule has 1 spiro atoms. The van der Waals surface area contributed by atoms with E-state index in [-0.39, 0.29) is 29.6 Å². The minimum atomic E-state index is -1.50. The van der Waals surface area contributed by atoms with Crippen LogP contribution >= 0.6 is 23.4 Å². The van der Waals surface area contributed by atoms with Crippen LogP contribution in [-0.4, -0.2) is 34.0 Å². The van der Waals surface area contributed by atoms with Gasteiger partial charge in [0.1, 0.15) is 5.75 Å². The predicted molar refractivity (Wildman–Crippen MR) is 128 cm³/mol. The maximum Gasteiger partial charge on any atom is 0.271 e. The van der Waals surface area contributed by atoms with E-state index in [2.05, 4.69) is 10.4 Å². The summed E-state index contributed by atoms with van der Waals surface area (Å²) < 4.78 is 5.94. The molecule has 1 atom stereocenters. The van der Waals surface area contributed by atoms with Gasteiger partial charge in [0.05, 0.1) is 18.3 Å². The number of hydrogen-bond acceptors (Lipinski definition) is 6. The Bertz CT molecular complexity index is 1180. The number of fused-ring (bicyclic) bond motifs is 2. The van der Waals surface area contributed by atoms with Crippen LogP contribution in [0.15, 0.2) is 47.6 Å². The first-order valence-corrected chi connectivity index (χ1v) is 11.6. The summed E-state index contributed by atoms with van der Waals surface area (Å²) in [6.07, 6.45) is -0.0370. The fraction of sp³-hybridized carbons (Fsp3) is 0.304. The molecular weight excluding hydrogens is 464 g/mol. The number of hydrogen-bond donors (Lipinski definition) is 1. The SMILES string of the molecule is CC(=O)NC1=NN(C(C)=O)C2(S1)C(=O)N(Cc1ccccc1OC(C)C)c1ccc(Cl)cc12. The largest absolute Gasteiger partial charge is 0.491 e. The topological polar surface area (TPSA) is 91.3 Å². The van der Waals surface area contributed by atoms with Gasteiger partial charge in [-0.05, 0) is 49.9 Å². The molecule has 2 aromatic rings. The number of nitrogens with zero attached hydrogens (tertiary/aromatic N) is 3. The van der Waals surface area contributed by atoms with Crippen LogP contribution in [0.1, 0.15) is 38.8 Å². The molecule has 33 heavy (non-hydrogen) atoms. The molecule has 2 heterocycles. The number of para-hydroxylation sites is 1. The van der Waals surface area contributed by atoms with E-state index in [9.17, 15) is 14.4 Å². The van der Waals surface area contributed by atoms with E-state index in [0.717, 1.165) is 22.3 Å². The monoisotopic (exact) mass is 486 g/mol. The summed E-state index contributed by atoms with van der Waals surface area (Å²) in [7, 11) is 0. The molecule has 2 aromatic carbocycles. The summed E-state index contributed by atoms with van der Waals surface area (Å²) in [6, 6.07) is 12.6. The number of carbonyl (C=O) groups excluding carboxylic acids is 3. The third-order valence-corrected chi connectivity index (χ3v) is 6.60. The van der Waals surface area contributed by atoms with Gasteiger partial charge < -0.3 is 15.0 Å². The highest BCUT2D eigenvalue weighted by Crippen LogP contribution is 2.55. The van der Waals surface area contributed by atoms with Crippen LogP contribution < -0.4 is 15.0 Å². The van der Waals surface area contributed by atoms with Crippen molar-refractivity contribution >= 4 is 51.9 Å². The Kier molecular flexibility index (Phi) is 6.11. The summed E-state index contributed by atoms with van der Waals surface area (Å²) in [5.41, 5.74) is 1.96. The molecule has 8 nitrogen and oxygen atoms in total. The quantitative estimate of drug-likeness (QED) is 0.709. The number of ether oxygens (including phenoxy) is 1. The lowest BCUT2D eigenvalue weighted by molar-refractivity contribution is -0.139. The molecule has 0 fully saturated rings. The third kappa shape index (κ3) is 4.06. The molecule has 172 valence electrons. The Labute approximate surface area is 200 Å². The second-order valence-electron chi connectivity index (χ2n) is 7.99. The summed E-state index contributed by atoms with van der Waals surface area (Å²) in [5, 5.41) is 8.56. The van der Waals surface area contributed by atoms with Crippen LogP contribution in [0.2, 0.25) is 5.02 Å². The maximum absolute atomic E-state index is 14.0. The van der Waals surface area contributed by atoms with Gasteiger partial charge in [0.2, 0.25) is 16.7 Å². The number of amides is 3. The molecule has 0 aromatic heterocycles. The predicted octanol–water partition coefficient (Wildman–Crippen LogP) is 3.83. The average molecular weight is 487 g/mol. The number of thioether (sulfide) groups is 1. The van der Waals surface area contributed by atoms with E-state index in [1.54, 1.807) is 23.1 Å². The Morgan fingerprint density at radius 1 is 1.21 bits per heavy atom. The zero-order chi connectivity index (χ0) is 23.9. The number of anilines is 1. The molecule has 3 amide bonds. The minimum Gasteiger partial charge on any atom is -0.491 e. The lowest BCUT2D eigenvalue weighted by atomic mass is 10.1. The van der Waals surface area contributed by atoms with Gasteiger partial charge in [0.25, 0.3) is 5.91 Å². The summed E-state index contributed by atoms with van der Waals surface area (Å²) in [5.74, 6) is -0.472. The van der Waals surface area contributed by atoms with Gasteiger partial charge in [0.15, 0.2) is 5.17 Å². The smallest absolute Gasteiger partial charge is 0.271 e. The van der Waals surface area contributed by atoms with E-state index in [1.165, 1.54) is 13.8 Å². The van der Waals surface area contributed by atoms with Crippen molar-refractivity contribution in [3.05, 3.63) is 58.6 Å². The molecule has 1 N–H and O–H groups in total. The number of hydrazone groups is 1. The number of amidine groups is 1. The third-order valence-electron chi connectivity index (χ3n) is 5.13. The molecular formula is C23H23ClN4O4S. The first kappa shape index (κ1) is 23.1. The Morgan fingerprint density at radius 2 is 1.94 bits per heavy atom. The Balaban J connectivity index is 1.81. The van der Waals surface area contributed by atoms with Gasteiger partial charge in [-0.2, -0.15) is 5.01 Å². The standard InChI is InChI=1S/C23H23ClN4O4S/c1-13(2)32-20-8-6-5-7-16(20)12-27-19-10-9-17(24)11-18(19)23(21(27)31)28(15(4)30)26-22(33-23)25-14(3)29/h5-11,13H,12H2,1-4H3,(H,25,26,29). The molecule has 0 saturated heterocycles. The molecule has 4 rings (SSSR count). The summed E-state index contributed by atoms with van der Waals surface area (Å²) in [6.45, 7) is 6.76. The zero-order valence-electron chi connectivity index (χ0n) is 18.6. The minimum absolute atomic E-state index is 0.0370. The normalized spacial score (nSPS) is 19.2. The molecule has 2 aliphatic rings. The van der Waals surface area contributed by atoms with Crippen molar-refractivity contribution in [2.75, 3.05) is 4.90 Å². The fourth-order valence-corrected chi connectivity index (χ4v) is 5.41. The van der Waals surface area contributed by atoms with E-state index in [0.29, 0.717) is 22.0 Å². The summed E-state index contributed by atoms with van der Waals surface area (Å²) >= 11 is 7.32. The van der Waals surface area contributed by atoms with Gasteiger partial charge in [0, 0.05) is 30.0 Å². The molecule has 0 bridgehead atoms. The van der Waals surface area contributed by atoms with Crippen molar-refractivity contribution in [1.29, 1.82) is 0 Å². The number of rotatable bonds is 4. The Hall–Kier alpha value is -3.04. The molecule has 1 unspecified atom stereocenters. The van der Waals surface area contributed by atoms with Gasteiger partial charge in [-0.3, -0.25) is 14.4 Å². The lowest BCUT2D eigenvalue weighted by Crippen LogP contribution is -2.48. The molecule has 0 radical (unpaired) electrons. The van der Waals surface area contributed by atoms with Crippen LogP contribution in [0.4, 0.5) is 5.69 Å². The zero-order valence-corrected chi connectivity index (χ0v) is 20.2. The molecule has 2 aliphatic heterocycles. The van der Waals surface area contributed by atoms with E-state index >= 15 is 0 Å². The number of halogens is 1. The van der Waals surface area contributed by atoms with E-state index in [1.807, 2.05) is 38.1 Å². The maximum atomic E-state index is 14.0. The van der Waals surface area contributed by atoms with Crippen molar-refractivity contribution in [1.82, 2.24) is 10.3 Å². The second-order valence-corrected chi connectivity index (χ2v) is 9.61. The van der Waals surface area contributed by atoms with E-state index in [4.69, 9.17) is 16.3 Å². The van der Waals surface area contributed by atoms with Crippen LogP contribution in [0.5, 0.6) is 5.75 Å². The highest BCUT2D eigenvalue weighted by atomic mass is 35.5. The first-order chi connectivity index (χ1) is 15.6. The molecule has 0 aliphatic carbocycles. The number of benzene rings is 2. The Morgan fingerprint density at radius 3 is 2.61 bits per heavy atom.